The monoisotopic (exact) mass is 375 g/mol. The lowest BCUT2D eigenvalue weighted by molar-refractivity contribution is -0.126. The quantitative estimate of drug-likeness (QED) is 0.545. The van der Waals surface area contributed by atoms with E-state index in [1.807, 2.05) is 0 Å². The van der Waals surface area contributed by atoms with Crippen molar-refractivity contribution in [1.29, 1.82) is 0 Å². The third-order valence-electron chi connectivity index (χ3n) is 3.26. The van der Waals surface area contributed by atoms with Gasteiger partial charge in [-0.2, -0.15) is 10.2 Å². The van der Waals surface area contributed by atoms with Gasteiger partial charge >= 0.3 is 0 Å². The second kappa shape index (κ2) is 9.65. The largest absolute Gasteiger partial charge is 0.489 e. The van der Waals surface area contributed by atoms with Crippen molar-refractivity contribution in [2.24, 2.45) is 10.2 Å². The minimum absolute atomic E-state index is 0.0786. The number of azo groups is 1. The van der Waals surface area contributed by atoms with E-state index in [2.05, 4.69) is 15.5 Å². The molecule has 0 aliphatic heterocycles. The molecule has 8 heteroatoms. The molecule has 0 saturated heterocycles. The Morgan fingerprint density at radius 3 is 2.58 bits per heavy atom. The zero-order valence-corrected chi connectivity index (χ0v) is 14.8. The normalized spacial score (nSPS) is 12.0. The summed E-state index contributed by atoms with van der Waals surface area (Å²) in [5, 5.41) is 19.6. The van der Waals surface area contributed by atoms with Gasteiger partial charge < -0.3 is 15.2 Å². The van der Waals surface area contributed by atoms with Crippen LogP contribution in [-0.4, -0.2) is 36.1 Å². The second-order valence-corrected chi connectivity index (χ2v) is 5.64. The van der Waals surface area contributed by atoms with Gasteiger partial charge in [0.05, 0.1) is 17.3 Å². The number of carbonyl (C=O) groups is 2. The summed E-state index contributed by atoms with van der Waals surface area (Å²) in [7, 11) is 0. The van der Waals surface area contributed by atoms with Crippen molar-refractivity contribution in [3.63, 3.8) is 0 Å². The summed E-state index contributed by atoms with van der Waals surface area (Å²) in [4.78, 5) is 24.3. The fourth-order valence-corrected chi connectivity index (χ4v) is 2.20. The lowest BCUT2D eigenvalue weighted by Crippen LogP contribution is -2.32. The number of hydrogen-bond donors (Lipinski definition) is 2. The van der Waals surface area contributed by atoms with Gasteiger partial charge in [0, 0.05) is 0 Å². The number of benzene rings is 2. The lowest BCUT2D eigenvalue weighted by atomic mass is 10.2. The predicted molar refractivity (Wildman–Crippen MR) is 98.1 cm³/mol. The third-order valence-corrected chi connectivity index (χ3v) is 3.58. The van der Waals surface area contributed by atoms with Gasteiger partial charge in [-0.15, -0.1) is 0 Å². The molecule has 2 aromatic carbocycles. The molecule has 0 bridgehead atoms. The van der Waals surface area contributed by atoms with E-state index in [-0.39, 0.29) is 13.2 Å². The van der Waals surface area contributed by atoms with Crippen LogP contribution in [0.5, 0.6) is 5.75 Å². The molecule has 1 unspecified atom stereocenters. The maximum Gasteiger partial charge on any atom is 0.258 e. The van der Waals surface area contributed by atoms with Gasteiger partial charge in [0.15, 0.2) is 5.78 Å². The van der Waals surface area contributed by atoms with Crippen LogP contribution in [0.4, 0.5) is 11.4 Å². The van der Waals surface area contributed by atoms with Crippen molar-refractivity contribution in [2.45, 2.75) is 13.0 Å². The Labute approximate surface area is 155 Å². The number of halogens is 1. The molecule has 1 atom stereocenters. The van der Waals surface area contributed by atoms with E-state index in [0.717, 1.165) is 0 Å². The maximum absolute atomic E-state index is 12.5. The zero-order valence-electron chi connectivity index (χ0n) is 14.1. The van der Waals surface area contributed by atoms with Crippen LogP contribution in [0.3, 0.4) is 0 Å². The number of nitrogens with one attached hydrogen (secondary N) is 1. The number of rotatable bonds is 8. The molecule has 0 heterocycles. The first-order chi connectivity index (χ1) is 12.5. The first-order valence-electron chi connectivity index (χ1n) is 7.82. The van der Waals surface area contributed by atoms with E-state index < -0.39 is 17.7 Å². The molecule has 136 valence electrons. The highest BCUT2D eigenvalue weighted by molar-refractivity contribution is 6.32. The number of nitrogens with zero attached hydrogens (tertiary/aromatic N) is 2. The Morgan fingerprint density at radius 2 is 1.88 bits per heavy atom. The molecule has 0 aromatic heterocycles. The molecular weight excluding hydrogens is 358 g/mol. The van der Waals surface area contributed by atoms with Crippen LogP contribution in [-0.2, 0) is 9.59 Å². The number of para-hydroxylation sites is 2. The summed E-state index contributed by atoms with van der Waals surface area (Å²) < 4.78 is 5.35. The van der Waals surface area contributed by atoms with Crippen molar-refractivity contribution < 1.29 is 19.4 Å². The molecule has 0 radical (unpaired) electrons. The van der Waals surface area contributed by atoms with Crippen LogP contribution >= 0.6 is 11.6 Å². The first-order valence-corrected chi connectivity index (χ1v) is 8.20. The van der Waals surface area contributed by atoms with Crippen LogP contribution in [0.25, 0.3) is 0 Å². The zero-order chi connectivity index (χ0) is 18.9. The second-order valence-electron chi connectivity index (χ2n) is 5.24. The Bertz CT molecular complexity index is 811. The van der Waals surface area contributed by atoms with E-state index in [4.69, 9.17) is 21.4 Å². The number of hydrogen-bond acceptors (Lipinski definition) is 6. The standard InChI is InChI=1S/C18H18ClN3O4/c1-12(24)17(22-21-14-7-3-2-6-13(14)19)18(25)20-15-8-4-5-9-16(15)26-11-10-23/h2-9,17,23H,10-11H2,1H3,(H,20,25). The maximum atomic E-state index is 12.5. The van der Waals surface area contributed by atoms with Gasteiger partial charge in [-0.05, 0) is 31.2 Å². The van der Waals surface area contributed by atoms with E-state index >= 15 is 0 Å². The molecule has 0 saturated carbocycles. The first kappa shape index (κ1) is 19.6. The van der Waals surface area contributed by atoms with Crippen LogP contribution in [0, 0.1) is 0 Å². The highest BCUT2D eigenvalue weighted by atomic mass is 35.5. The summed E-state index contributed by atoms with van der Waals surface area (Å²) in [6.45, 7) is 1.17. The SMILES string of the molecule is CC(=O)C(N=Nc1ccccc1Cl)C(=O)Nc1ccccc1OCCO. The number of Topliss-reactive ketones (excluding diaryl/α,β-unsaturated/α-hetero) is 1. The molecule has 0 aliphatic rings. The number of amides is 1. The van der Waals surface area contributed by atoms with Crippen molar-refractivity contribution in [2.75, 3.05) is 18.5 Å². The molecular formula is C18H18ClN3O4. The van der Waals surface area contributed by atoms with Gasteiger partial charge in [0.2, 0.25) is 6.04 Å². The van der Waals surface area contributed by atoms with Crippen molar-refractivity contribution in [1.82, 2.24) is 0 Å². The summed E-state index contributed by atoms with van der Waals surface area (Å²) in [5.41, 5.74) is 0.727. The highest BCUT2D eigenvalue weighted by Gasteiger charge is 2.24. The Hall–Kier alpha value is -2.77. The number of aliphatic hydroxyl groups excluding tert-OH is 1. The van der Waals surface area contributed by atoms with Gasteiger partial charge in [0.1, 0.15) is 18.0 Å². The number of anilines is 1. The minimum atomic E-state index is -1.32. The summed E-state index contributed by atoms with van der Waals surface area (Å²) in [5.74, 6) is -0.736. The van der Waals surface area contributed by atoms with Gasteiger partial charge in [-0.25, -0.2) is 0 Å². The number of carbonyl (C=O) groups excluding carboxylic acids is 2. The molecule has 2 aromatic rings. The van der Waals surface area contributed by atoms with Crippen LogP contribution in [0.15, 0.2) is 58.8 Å². The van der Waals surface area contributed by atoms with Crippen molar-refractivity contribution in [3.05, 3.63) is 53.6 Å². The number of aliphatic hydroxyl groups is 1. The Morgan fingerprint density at radius 1 is 1.19 bits per heavy atom. The topological polar surface area (TPSA) is 100 Å². The molecule has 2 N–H and O–H groups in total. The van der Waals surface area contributed by atoms with E-state index in [1.165, 1.54) is 6.92 Å². The number of ether oxygens (including phenoxy) is 1. The van der Waals surface area contributed by atoms with Gasteiger partial charge in [-0.1, -0.05) is 35.9 Å². The van der Waals surface area contributed by atoms with Crippen molar-refractivity contribution >= 4 is 34.7 Å². The van der Waals surface area contributed by atoms with Crippen LogP contribution < -0.4 is 10.1 Å². The molecule has 7 nitrogen and oxygen atoms in total. The predicted octanol–water partition coefficient (Wildman–Crippen LogP) is 3.39. The fourth-order valence-electron chi connectivity index (χ4n) is 2.02. The Kier molecular flexibility index (Phi) is 7.25. The molecule has 0 aliphatic carbocycles. The summed E-state index contributed by atoms with van der Waals surface area (Å²) in [6.07, 6.45) is 0. The average molecular weight is 376 g/mol. The number of ketones is 1. The van der Waals surface area contributed by atoms with Gasteiger partial charge in [-0.3, -0.25) is 9.59 Å². The van der Waals surface area contributed by atoms with E-state index in [1.54, 1.807) is 48.5 Å². The third kappa shape index (κ3) is 5.37. The van der Waals surface area contributed by atoms with E-state index in [9.17, 15) is 9.59 Å². The molecule has 1 amide bonds. The average Bonchev–Trinajstić information content (AvgIpc) is 2.62. The summed E-state index contributed by atoms with van der Waals surface area (Å²) >= 11 is 5.99. The van der Waals surface area contributed by atoms with Crippen molar-refractivity contribution in [3.8, 4) is 5.75 Å². The molecule has 0 fully saturated rings. The summed E-state index contributed by atoms with van der Waals surface area (Å²) in [6, 6.07) is 12.1. The molecule has 0 spiro atoms. The highest BCUT2D eigenvalue weighted by Crippen LogP contribution is 2.26. The minimum Gasteiger partial charge on any atom is -0.489 e. The van der Waals surface area contributed by atoms with Gasteiger partial charge in [0.25, 0.3) is 5.91 Å². The van der Waals surface area contributed by atoms with Crippen LogP contribution in [0.1, 0.15) is 6.92 Å². The Balaban J connectivity index is 2.17. The molecule has 2 rings (SSSR count). The molecule has 26 heavy (non-hydrogen) atoms. The smallest absolute Gasteiger partial charge is 0.258 e. The van der Waals surface area contributed by atoms with E-state index in [0.29, 0.717) is 22.1 Å². The lowest BCUT2D eigenvalue weighted by Gasteiger charge is -2.13. The fraction of sp³-hybridized carbons (Fsp3) is 0.222. The van der Waals surface area contributed by atoms with Crippen LogP contribution in [0.2, 0.25) is 5.02 Å².